The van der Waals surface area contributed by atoms with E-state index in [9.17, 15) is 0 Å². The molecule has 0 bridgehead atoms. The van der Waals surface area contributed by atoms with Gasteiger partial charge < -0.3 is 10.7 Å². The summed E-state index contributed by atoms with van der Waals surface area (Å²) >= 11 is 1.80. The van der Waals surface area contributed by atoms with Gasteiger partial charge in [0, 0.05) is 23.0 Å². The van der Waals surface area contributed by atoms with Crippen LogP contribution in [0.4, 0.5) is 0 Å². The number of hydrogen-bond donors (Lipinski definition) is 2. The third-order valence-corrected chi connectivity index (χ3v) is 4.56. The molecule has 0 spiro atoms. The Morgan fingerprint density at radius 1 is 1.56 bits per heavy atom. The summed E-state index contributed by atoms with van der Waals surface area (Å²) in [5.74, 6) is 0. The van der Waals surface area contributed by atoms with Crippen molar-refractivity contribution in [2.24, 2.45) is 5.73 Å². The normalized spacial score (nSPS) is 17.6. The molecule has 2 heterocycles. The Kier molecular flexibility index (Phi) is 2.16. The van der Waals surface area contributed by atoms with Crippen molar-refractivity contribution >= 4 is 11.3 Å². The van der Waals surface area contributed by atoms with Gasteiger partial charge in [-0.05, 0) is 31.9 Å². The van der Waals surface area contributed by atoms with Gasteiger partial charge in [0.2, 0.25) is 0 Å². The number of H-pyrrole nitrogens is 1. The van der Waals surface area contributed by atoms with Gasteiger partial charge in [-0.3, -0.25) is 0 Å². The number of aryl methyl sites for hydroxylation is 1. The first kappa shape index (κ1) is 10.1. The highest BCUT2D eigenvalue weighted by atomic mass is 32.1. The second-order valence-electron chi connectivity index (χ2n) is 4.49. The van der Waals surface area contributed by atoms with Crippen molar-refractivity contribution in [3.8, 4) is 11.4 Å². The Morgan fingerprint density at radius 2 is 2.38 bits per heavy atom. The summed E-state index contributed by atoms with van der Waals surface area (Å²) in [4.78, 5) is 9.25. The van der Waals surface area contributed by atoms with E-state index in [0.717, 1.165) is 17.9 Å². The number of nitrogens with zero attached hydrogens (tertiary/aromatic N) is 1. The summed E-state index contributed by atoms with van der Waals surface area (Å²) in [5.41, 5.74) is 8.24. The van der Waals surface area contributed by atoms with Crippen LogP contribution in [0.5, 0.6) is 0 Å². The third kappa shape index (κ3) is 1.41. The Labute approximate surface area is 98.7 Å². The topological polar surface area (TPSA) is 54.7 Å². The molecule has 16 heavy (non-hydrogen) atoms. The number of aromatic nitrogens is 2. The van der Waals surface area contributed by atoms with Gasteiger partial charge in [0.05, 0.1) is 5.69 Å². The number of thiazole rings is 1. The van der Waals surface area contributed by atoms with Crippen LogP contribution in [0.1, 0.15) is 22.7 Å². The highest BCUT2D eigenvalue weighted by molar-refractivity contribution is 7.12. The molecule has 0 amide bonds. The van der Waals surface area contributed by atoms with Crippen LogP contribution in [0.25, 0.3) is 11.4 Å². The lowest BCUT2D eigenvalue weighted by atomic mass is 10.1. The summed E-state index contributed by atoms with van der Waals surface area (Å²) in [7, 11) is 0. The molecule has 3 N–H and O–H groups in total. The maximum atomic E-state index is 5.84. The summed E-state index contributed by atoms with van der Waals surface area (Å²) < 4.78 is 0. The summed E-state index contributed by atoms with van der Waals surface area (Å²) in [6.45, 7) is 2.86. The molecule has 2 aromatic heterocycles. The lowest BCUT2D eigenvalue weighted by molar-refractivity contribution is 0.698. The zero-order valence-corrected chi connectivity index (χ0v) is 10.1. The molecule has 0 unspecified atom stereocenters. The molecule has 0 atom stereocenters. The van der Waals surface area contributed by atoms with Gasteiger partial charge in [-0.25, -0.2) is 4.98 Å². The van der Waals surface area contributed by atoms with Crippen LogP contribution in [0.2, 0.25) is 0 Å². The molecule has 0 saturated heterocycles. The van der Waals surface area contributed by atoms with E-state index in [4.69, 9.17) is 10.7 Å². The molecule has 1 aliphatic rings. The van der Waals surface area contributed by atoms with E-state index in [1.165, 1.54) is 22.7 Å². The molecule has 0 radical (unpaired) electrons. The zero-order chi connectivity index (χ0) is 11.2. The van der Waals surface area contributed by atoms with Crippen LogP contribution < -0.4 is 5.73 Å². The maximum absolute atomic E-state index is 5.84. The van der Waals surface area contributed by atoms with Gasteiger partial charge >= 0.3 is 0 Å². The third-order valence-electron chi connectivity index (χ3n) is 3.35. The first-order chi connectivity index (χ1) is 7.75. The predicted octanol–water partition coefficient (Wildman–Crippen LogP) is 2.44. The number of nitrogens with two attached hydrogens (primary N) is 1. The zero-order valence-electron chi connectivity index (χ0n) is 9.29. The molecular weight excluding hydrogens is 218 g/mol. The number of aromatic amines is 1. The highest BCUT2D eigenvalue weighted by Gasteiger charge is 2.45. The number of rotatable bonds is 3. The molecule has 4 heteroatoms. The largest absolute Gasteiger partial charge is 0.360 e. The number of hydrogen-bond acceptors (Lipinski definition) is 3. The van der Waals surface area contributed by atoms with Gasteiger partial charge in [0.1, 0.15) is 10.7 Å². The van der Waals surface area contributed by atoms with Gasteiger partial charge in [-0.2, -0.15) is 0 Å². The summed E-state index contributed by atoms with van der Waals surface area (Å²) in [5, 5.41) is 1.22. The average molecular weight is 233 g/mol. The average Bonchev–Trinajstić information content (AvgIpc) is 2.73. The van der Waals surface area contributed by atoms with Gasteiger partial charge in [0.25, 0.3) is 0 Å². The molecule has 1 saturated carbocycles. The van der Waals surface area contributed by atoms with Crippen LogP contribution in [-0.2, 0) is 5.41 Å². The molecule has 3 rings (SSSR count). The summed E-state index contributed by atoms with van der Waals surface area (Å²) in [6, 6.07) is 4.07. The van der Waals surface area contributed by atoms with E-state index in [0.29, 0.717) is 0 Å². The Bertz CT molecular complexity index is 494. The van der Waals surface area contributed by atoms with Crippen LogP contribution in [0.15, 0.2) is 18.3 Å². The Hall–Kier alpha value is -1.13. The monoisotopic (exact) mass is 233 g/mol. The molecular formula is C12H15N3S. The molecule has 1 fully saturated rings. The fourth-order valence-corrected chi connectivity index (χ4v) is 3.19. The summed E-state index contributed by atoms with van der Waals surface area (Å²) in [6.07, 6.45) is 4.32. The van der Waals surface area contributed by atoms with Crippen LogP contribution in [0, 0.1) is 6.92 Å². The molecule has 0 aromatic carbocycles. The van der Waals surface area contributed by atoms with Crippen molar-refractivity contribution in [1.29, 1.82) is 0 Å². The molecule has 84 valence electrons. The van der Waals surface area contributed by atoms with E-state index < -0.39 is 0 Å². The van der Waals surface area contributed by atoms with E-state index in [-0.39, 0.29) is 5.41 Å². The molecule has 1 aliphatic carbocycles. The van der Waals surface area contributed by atoms with Crippen molar-refractivity contribution in [3.63, 3.8) is 0 Å². The van der Waals surface area contributed by atoms with Crippen LogP contribution in [0.3, 0.4) is 0 Å². The van der Waals surface area contributed by atoms with E-state index in [1.54, 1.807) is 11.3 Å². The van der Waals surface area contributed by atoms with Gasteiger partial charge in [-0.1, -0.05) is 0 Å². The van der Waals surface area contributed by atoms with E-state index in [2.05, 4.69) is 18.0 Å². The lowest BCUT2D eigenvalue weighted by Crippen LogP contribution is -2.19. The fraction of sp³-hybridized carbons (Fsp3) is 0.417. The first-order valence-electron chi connectivity index (χ1n) is 5.57. The van der Waals surface area contributed by atoms with Gasteiger partial charge in [0.15, 0.2) is 0 Å². The molecule has 2 aromatic rings. The predicted molar refractivity (Wildman–Crippen MR) is 66.6 cm³/mol. The number of nitrogens with one attached hydrogen (secondary N) is 1. The first-order valence-corrected chi connectivity index (χ1v) is 6.38. The van der Waals surface area contributed by atoms with Crippen molar-refractivity contribution in [3.05, 3.63) is 28.2 Å². The molecule has 0 aliphatic heterocycles. The SMILES string of the molecule is Cc1sc(C2(CN)CC2)nc1-c1ccc[nH]1. The second-order valence-corrected chi connectivity index (χ2v) is 5.70. The Morgan fingerprint density at radius 3 is 2.94 bits per heavy atom. The standard InChI is InChI=1S/C12H15N3S/c1-8-10(9-3-2-6-14-9)15-11(16-8)12(7-13)4-5-12/h2-3,6,14H,4-5,7,13H2,1H3. The van der Waals surface area contributed by atoms with Crippen molar-refractivity contribution < 1.29 is 0 Å². The van der Waals surface area contributed by atoms with Crippen LogP contribution >= 0.6 is 11.3 Å². The Balaban J connectivity index is 2.03. The lowest BCUT2D eigenvalue weighted by Gasteiger charge is -2.06. The van der Waals surface area contributed by atoms with E-state index in [1.807, 2.05) is 12.3 Å². The van der Waals surface area contributed by atoms with Crippen molar-refractivity contribution in [2.75, 3.05) is 6.54 Å². The van der Waals surface area contributed by atoms with E-state index >= 15 is 0 Å². The quantitative estimate of drug-likeness (QED) is 0.855. The minimum Gasteiger partial charge on any atom is -0.360 e. The minimum atomic E-state index is 0.209. The molecule has 3 nitrogen and oxygen atoms in total. The maximum Gasteiger partial charge on any atom is 0.101 e. The highest BCUT2D eigenvalue weighted by Crippen LogP contribution is 2.49. The fourth-order valence-electron chi connectivity index (χ4n) is 2.01. The smallest absolute Gasteiger partial charge is 0.101 e. The van der Waals surface area contributed by atoms with Crippen LogP contribution in [-0.4, -0.2) is 16.5 Å². The second kappa shape index (κ2) is 3.43. The van der Waals surface area contributed by atoms with Crippen molar-refractivity contribution in [1.82, 2.24) is 9.97 Å². The minimum absolute atomic E-state index is 0.209. The van der Waals surface area contributed by atoms with Gasteiger partial charge in [-0.15, -0.1) is 11.3 Å². The van der Waals surface area contributed by atoms with Crippen molar-refractivity contribution in [2.45, 2.75) is 25.2 Å².